The molecular formula is C19H16N2Pt. The number of rotatable bonds is 2. The van der Waals surface area contributed by atoms with Gasteiger partial charge in [-0.15, -0.1) is 0 Å². The van der Waals surface area contributed by atoms with E-state index >= 15 is 0 Å². The van der Waals surface area contributed by atoms with Crippen LogP contribution in [0.1, 0.15) is 5.56 Å². The summed E-state index contributed by atoms with van der Waals surface area (Å²) >= 11 is 2.38. The summed E-state index contributed by atoms with van der Waals surface area (Å²) in [6.45, 7) is 0.890. The first-order chi connectivity index (χ1) is 10.7. The van der Waals surface area contributed by atoms with Gasteiger partial charge >= 0.3 is 140 Å². The van der Waals surface area contributed by atoms with Crippen molar-refractivity contribution in [2.45, 2.75) is 6.54 Å². The van der Waals surface area contributed by atoms with E-state index in [1.165, 1.54) is 30.9 Å². The van der Waals surface area contributed by atoms with Crippen LogP contribution in [0.15, 0.2) is 67.0 Å². The summed E-state index contributed by atoms with van der Waals surface area (Å²) in [5, 5.41) is 5.30. The number of nitrogens with zero attached hydrogens (tertiary/aromatic N) is 2. The Morgan fingerprint density at radius 3 is 2.00 bits per heavy atom. The van der Waals surface area contributed by atoms with Gasteiger partial charge in [-0.3, -0.25) is 0 Å². The Kier molecular flexibility index (Phi) is 3.35. The van der Waals surface area contributed by atoms with Crippen molar-refractivity contribution >= 4 is 21.5 Å². The van der Waals surface area contributed by atoms with E-state index in [1.54, 1.807) is 0 Å². The second-order valence-electron chi connectivity index (χ2n) is 5.58. The van der Waals surface area contributed by atoms with Crippen LogP contribution in [0, 0.1) is 3.80 Å². The van der Waals surface area contributed by atoms with Gasteiger partial charge in [0.2, 0.25) is 0 Å². The number of benzene rings is 3. The van der Waals surface area contributed by atoms with Crippen molar-refractivity contribution in [2.24, 2.45) is 7.05 Å². The molecule has 0 spiro atoms. The quantitative estimate of drug-likeness (QED) is 0.390. The van der Waals surface area contributed by atoms with Crippen LogP contribution in [0.3, 0.4) is 0 Å². The maximum absolute atomic E-state index is 2.38. The standard InChI is InChI=1S/C19H16N2.Pt/c1-20-10-11-21(14-20)13-19-17-8-4-2-6-15(17)12-16-7-3-5-9-18(16)19;/h2-12H,13H2,1H3;. The van der Waals surface area contributed by atoms with Gasteiger partial charge in [0.1, 0.15) is 0 Å². The Labute approximate surface area is 140 Å². The molecule has 22 heavy (non-hydrogen) atoms. The Morgan fingerprint density at radius 2 is 1.45 bits per heavy atom. The van der Waals surface area contributed by atoms with E-state index < -0.39 is 0 Å². The van der Waals surface area contributed by atoms with E-state index in [-0.39, 0.29) is 0 Å². The maximum atomic E-state index is 2.38. The van der Waals surface area contributed by atoms with Crippen molar-refractivity contribution in [1.29, 1.82) is 0 Å². The van der Waals surface area contributed by atoms with Crippen LogP contribution in [0.2, 0.25) is 0 Å². The Balaban J connectivity index is 2.04. The molecule has 0 atom stereocenters. The molecule has 0 N–H and O–H groups in total. The van der Waals surface area contributed by atoms with Crippen molar-refractivity contribution < 1.29 is 19.4 Å². The summed E-state index contributed by atoms with van der Waals surface area (Å²) in [6.07, 6.45) is 4.26. The number of fused-ring (bicyclic) bond motifs is 2. The SMILES string of the molecule is Cn1ccn(Cc2c3ccccc3cc3ccccc23)[c]1=[Pt]. The van der Waals surface area contributed by atoms with E-state index in [4.69, 9.17) is 0 Å². The van der Waals surface area contributed by atoms with E-state index in [0.29, 0.717) is 0 Å². The van der Waals surface area contributed by atoms with Crippen molar-refractivity contribution in [3.05, 3.63) is 76.4 Å². The molecule has 0 radical (unpaired) electrons. The Bertz CT molecular complexity index is 986. The molecule has 0 saturated heterocycles. The van der Waals surface area contributed by atoms with Gasteiger partial charge in [0.05, 0.1) is 0 Å². The molecule has 3 heteroatoms. The minimum absolute atomic E-state index is 0.890. The third-order valence-corrected chi connectivity index (χ3v) is 5.62. The molecule has 4 aromatic rings. The van der Waals surface area contributed by atoms with Gasteiger partial charge in [-0.05, 0) is 0 Å². The fourth-order valence-corrected chi connectivity index (χ4v) is 3.58. The van der Waals surface area contributed by atoms with Crippen LogP contribution in [0.5, 0.6) is 0 Å². The topological polar surface area (TPSA) is 9.86 Å². The van der Waals surface area contributed by atoms with Gasteiger partial charge < -0.3 is 0 Å². The fraction of sp³-hybridized carbons (Fsp3) is 0.105. The summed E-state index contributed by atoms with van der Waals surface area (Å²) < 4.78 is 5.68. The van der Waals surface area contributed by atoms with Crippen molar-refractivity contribution in [1.82, 2.24) is 9.13 Å². The van der Waals surface area contributed by atoms with E-state index in [1.807, 2.05) is 0 Å². The van der Waals surface area contributed by atoms with Gasteiger partial charge in [-0.25, -0.2) is 0 Å². The summed E-state index contributed by atoms with van der Waals surface area (Å²) in [4.78, 5) is 0. The van der Waals surface area contributed by atoms with Crippen LogP contribution in [-0.4, -0.2) is 9.13 Å². The van der Waals surface area contributed by atoms with E-state index in [2.05, 4.69) is 103 Å². The Morgan fingerprint density at radius 1 is 0.864 bits per heavy atom. The molecule has 0 aliphatic carbocycles. The molecule has 0 bridgehead atoms. The number of imidazole rings is 1. The van der Waals surface area contributed by atoms with Crippen molar-refractivity contribution in [3.8, 4) is 0 Å². The normalized spacial score (nSPS) is 11.4. The predicted molar refractivity (Wildman–Crippen MR) is 87.2 cm³/mol. The number of hydrogen-bond acceptors (Lipinski definition) is 0. The van der Waals surface area contributed by atoms with Gasteiger partial charge in [0.15, 0.2) is 0 Å². The monoisotopic (exact) mass is 467 g/mol. The summed E-state index contributed by atoms with van der Waals surface area (Å²) in [5.41, 5.74) is 1.39. The zero-order valence-corrected chi connectivity index (χ0v) is 14.5. The van der Waals surface area contributed by atoms with E-state index in [9.17, 15) is 0 Å². The summed E-state index contributed by atoms with van der Waals surface area (Å²) in [5.74, 6) is 0. The molecule has 0 fully saturated rings. The molecule has 0 amide bonds. The summed E-state index contributed by atoms with van der Waals surface area (Å²) in [6, 6.07) is 19.6. The third-order valence-electron chi connectivity index (χ3n) is 4.17. The van der Waals surface area contributed by atoms with Crippen molar-refractivity contribution in [3.63, 3.8) is 0 Å². The molecule has 1 aromatic heterocycles. The predicted octanol–water partition coefficient (Wildman–Crippen LogP) is 4.26. The van der Waals surface area contributed by atoms with E-state index in [0.717, 1.165) is 6.54 Å². The first-order valence-electron chi connectivity index (χ1n) is 7.30. The molecule has 3 aromatic carbocycles. The molecule has 0 aliphatic rings. The average Bonchev–Trinajstić information content (AvgIpc) is 2.86. The van der Waals surface area contributed by atoms with Gasteiger partial charge in [0, 0.05) is 0 Å². The minimum atomic E-state index is 0.890. The zero-order chi connectivity index (χ0) is 15.1. The molecule has 1 heterocycles. The van der Waals surface area contributed by atoms with Crippen LogP contribution < -0.4 is 0 Å². The van der Waals surface area contributed by atoms with Crippen LogP contribution in [-0.2, 0) is 32.9 Å². The second-order valence-corrected chi connectivity index (χ2v) is 6.59. The van der Waals surface area contributed by atoms with Crippen LogP contribution in [0.4, 0.5) is 0 Å². The number of aryl methyl sites for hydroxylation is 1. The fourth-order valence-electron chi connectivity index (χ4n) is 3.06. The molecule has 0 unspecified atom stereocenters. The zero-order valence-electron chi connectivity index (χ0n) is 12.3. The average molecular weight is 467 g/mol. The molecule has 0 aliphatic heterocycles. The Hall–Kier alpha value is -1.92. The van der Waals surface area contributed by atoms with Gasteiger partial charge in [0.25, 0.3) is 0 Å². The third kappa shape index (κ3) is 2.19. The van der Waals surface area contributed by atoms with Gasteiger partial charge in [-0.1, -0.05) is 0 Å². The van der Waals surface area contributed by atoms with Crippen LogP contribution in [0.25, 0.3) is 21.5 Å². The van der Waals surface area contributed by atoms with Gasteiger partial charge in [-0.2, -0.15) is 0 Å². The molecular weight excluding hydrogens is 451 g/mol. The molecule has 2 nitrogen and oxygen atoms in total. The van der Waals surface area contributed by atoms with Crippen molar-refractivity contribution in [2.75, 3.05) is 0 Å². The molecule has 112 valence electrons. The molecule has 0 saturated carbocycles. The summed E-state index contributed by atoms with van der Waals surface area (Å²) in [7, 11) is 2.08. The number of aromatic nitrogens is 2. The molecule has 4 rings (SSSR count). The van der Waals surface area contributed by atoms with Crippen LogP contribution >= 0.6 is 0 Å². The number of hydrogen-bond donors (Lipinski definition) is 0. The first kappa shape index (κ1) is 13.7. The second kappa shape index (κ2) is 5.37. The first-order valence-corrected chi connectivity index (χ1v) is 8.44.